The van der Waals surface area contributed by atoms with Gasteiger partial charge in [-0.2, -0.15) is 0 Å². The molecule has 0 aliphatic rings. The molecule has 2 aromatic rings. The van der Waals surface area contributed by atoms with E-state index in [1.807, 2.05) is 35.6 Å². The van der Waals surface area contributed by atoms with E-state index in [9.17, 15) is 4.79 Å². The monoisotopic (exact) mass is 397 g/mol. The topological polar surface area (TPSA) is 32.9 Å². The van der Waals surface area contributed by atoms with Crippen molar-refractivity contribution in [2.45, 2.75) is 6.92 Å². The maximum atomic E-state index is 11.9. The Morgan fingerprint density at radius 2 is 2.20 bits per heavy atom. The summed E-state index contributed by atoms with van der Waals surface area (Å²) in [5.41, 5.74) is 1.61. The van der Waals surface area contributed by atoms with Crippen molar-refractivity contribution in [3.8, 4) is 0 Å². The SMILES string of the molecule is Cc1cc(Br)c2[nH]cc(I)c(=O)c2c1Cl. The van der Waals surface area contributed by atoms with Gasteiger partial charge in [0.05, 0.1) is 19.5 Å². The fraction of sp³-hybridized carbons (Fsp3) is 0.100. The van der Waals surface area contributed by atoms with Gasteiger partial charge in [0, 0.05) is 10.7 Å². The van der Waals surface area contributed by atoms with Crippen LogP contribution < -0.4 is 5.43 Å². The quantitative estimate of drug-likeness (QED) is 0.672. The van der Waals surface area contributed by atoms with Gasteiger partial charge in [0.2, 0.25) is 5.43 Å². The number of H-pyrrole nitrogens is 1. The Kier molecular flexibility index (Phi) is 3.10. The van der Waals surface area contributed by atoms with Crippen LogP contribution in [0.1, 0.15) is 5.56 Å². The Morgan fingerprint density at radius 3 is 2.87 bits per heavy atom. The summed E-state index contributed by atoms with van der Waals surface area (Å²) in [5, 5.41) is 1.07. The predicted molar refractivity (Wildman–Crippen MR) is 74.7 cm³/mol. The molecule has 0 saturated carbocycles. The Labute approximate surface area is 113 Å². The van der Waals surface area contributed by atoms with E-state index in [-0.39, 0.29) is 5.43 Å². The lowest BCUT2D eigenvalue weighted by molar-refractivity contribution is 1.34. The van der Waals surface area contributed by atoms with E-state index < -0.39 is 0 Å². The molecule has 0 unspecified atom stereocenters. The maximum absolute atomic E-state index is 11.9. The van der Waals surface area contributed by atoms with Crippen LogP contribution in [0, 0.1) is 10.5 Å². The third kappa shape index (κ3) is 1.83. The van der Waals surface area contributed by atoms with E-state index in [4.69, 9.17) is 11.6 Å². The molecule has 0 radical (unpaired) electrons. The number of fused-ring (bicyclic) bond motifs is 1. The summed E-state index contributed by atoms with van der Waals surface area (Å²) < 4.78 is 1.49. The molecule has 0 bridgehead atoms. The fourth-order valence-electron chi connectivity index (χ4n) is 1.43. The standard InChI is InChI=1S/C10H6BrClINO/c1-4-2-5(11)9-7(8(4)12)10(15)6(13)3-14-9/h2-3H,1H3,(H,14,15). The molecule has 1 heterocycles. The summed E-state index contributed by atoms with van der Waals surface area (Å²) in [6.45, 7) is 1.88. The number of halogens is 3. The van der Waals surface area contributed by atoms with Crippen molar-refractivity contribution in [2.75, 3.05) is 0 Å². The summed E-state index contributed by atoms with van der Waals surface area (Å²) in [6.07, 6.45) is 1.68. The molecular formula is C10H6BrClINO. The van der Waals surface area contributed by atoms with Gasteiger partial charge in [-0.15, -0.1) is 0 Å². The molecule has 2 rings (SSSR count). The van der Waals surface area contributed by atoms with E-state index >= 15 is 0 Å². The van der Waals surface area contributed by atoms with Crippen LogP contribution in [-0.4, -0.2) is 4.98 Å². The normalized spacial score (nSPS) is 10.9. The highest BCUT2D eigenvalue weighted by Gasteiger charge is 2.11. The Hall–Kier alpha value is -0.0700. The molecule has 0 aliphatic carbocycles. The number of rotatable bonds is 0. The number of pyridine rings is 1. The number of hydrogen-bond donors (Lipinski definition) is 1. The number of aromatic amines is 1. The van der Waals surface area contributed by atoms with Crippen LogP contribution >= 0.6 is 50.1 Å². The van der Waals surface area contributed by atoms with Gasteiger partial charge in [0.15, 0.2) is 0 Å². The molecule has 78 valence electrons. The van der Waals surface area contributed by atoms with Gasteiger partial charge in [-0.3, -0.25) is 4.79 Å². The molecule has 0 spiro atoms. The van der Waals surface area contributed by atoms with Gasteiger partial charge in [-0.05, 0) is 57.1 Å². The second kappa shape index (κ2) is 4.07. The van der Waals surface area contributed by atoms with Crippen molar-refractivity contribution < 1.29 is 0 Å². The minimum absolute atomic E-state index is 0.0289. The first-order valence-electron chi connectivity index (χ1n) is 4.18. The predicted octanol–water partition coefficient (Wildman–Crippen LogP) is 3.86. The van der Waals surface area contributed by atoms with Gasteiger partial charge in [0.25, 0.3) is 0 Å². The number of hydrogen-bond acceptors (Lipinski definition) is 1. The van der Waals surface area contributed by atoms with E-state index in [2.05, 4.69) is 20.9 Å². The van der Waals surface area contributed by atoms with Crippen molar-refractivity contribution in [2.24, 2.45) is 0 Å². The first-order chi connectivity index (χ1) is 7.02. The van der Waals surface area contributed by atoms with Gasteiger partial charge < -0.3 is 4.98 Å². The zero-order chi connectivity index (χ0) is 11.2. The molecule has 15 heavy (non-hydrogen) atoms. The fourth-order valence-corrected chi connectivity index (χ4v) is 2.74. The van der Waals surface area contributed by atoms with Crippen LogP contribution in [0.15, 0.2) is 21.5 Å². The molecule has 0 amide bonds. The Bertz CT molecular complexity index is 608. The summed E-state index contributed by atoms with van der Waals surface area (Å²) in [5.74, 6) is 0. The van der Waals surface area contributed by atoms with Crippen molar-refractivity contribution in [3.63, 3.8) is 0 Å². The highest BCUT2D eigenvalue weighted by Crippen LogP contribution is 2.29. The van der Waals surface area contributed by atoms with Crippen LogP contribution in [0.3, 0.4) is 0 Å². The highest BCUT2D eigenvalue weighted by molar-refractivity contribution is 14.1. The van der Waals surface area contributed by atoms with Crippen molar-refractivity contribution in [1.82, 2.24) is 4.98 Å². The molecule has 0 atom stereocenters. The molecule has 2 nitrogen and oxygen atoms in total. The summed E-state index contributed by atoms with van der Waals surface area (Å²) in [7, 11) is 0. The lowest BCUT2D eigenvalue weighted by Crippen LogP contribution is -2.07. The number of nitrogens with one attached hydrogen (secondary N) is 1. The molecule has 0 saturated heterocycles. The molecule has 0 aliphatic heterocycles. The lowest BCUT2D eigenvalue weighted by atomic mass is 10.1. The van der Waals surface area contributed by atoms with E-state index in [1.54, 1.807) is 6.20 Å². The van der Waals surface area contributed by atoms with Crippen molar-refractivity contribution in [1.29, 1.82) is 0 Å². The van der Waals surface area contributed by atoms with Crippen LogP contribution in [-0.2, 0) is 0 Å². The van der Waals surface area contributed by atoms with Gasteiger partial charge in [-0.1, -0.05) is 11.6 Å². The first kappa shape index (κ1) is 11.4. The van der Waals surface area contributed by atoms with Gasteiger partial charge in [0.1, 0.15) is 0 Å². The smallest absolute Gasteiger partial charge is 0.204 e. The zero-order valence-corrected chi connectivity index (χ0v) is 12.2. The van der Waals surface area contributed by atoms with Crippen molar-refractivity contribution >= 4 is 61.0 Å². The number of aromatic nitrogens is 1. The maximum Gasteiger partial charge on any atom is 0.204 e. The van der Waals surface area contributed by atoms with E-state index in [1.165, 1.54) is 0 Å². The second-order valence-corrected chi connectivity index (χ2v) is 5.60. The van der Waals surface area contributed by atoms with Gasteiger partial charge >= 0.3 is 0 Å². The largest absolute Gasteiger partial charge is 0.359 e. The average molecular weight is 398 g/mol. The average Bonchev–Trinajstić information content (AvgIpc) is 2.19. The second-order valence-electron chi connectivity index (χ2n) is 3.21. The summed E-state index contributed by atoms with van der Waals surface area (Å²) in [4.78, 5) is 15.0. The summed E-state index contributed by atoms with van der Waals surface area (Å²) >= 11 is 11.5. The van der Waals surface area contributed by atoms with Crippen LogP contribution in [0.4, 0.5) is 0 Å². The van der Waals surface area contributed by atoms with Crippen LogP contribution in [0.5, 0.6) is 0 Å². The Morgan fingerprint density at radius 1 is 1.53 bits per heavy atom. The third-order valence-corrected chi connectivity index (χ3v) is 4.10. The molecule has 1 N–H and O–H groups in total. The van der Waals surface area contributed by atoms with E-state index in [0.717, 1.165) is 15.6 Å². The molecule has 1 aromatic carbocycles. The minimum Gasteiger partial charge on any atom is -0.359 e. The first-order valence-corrected chi connectivity index (χ1v) is 6.43. The Balaban J connectivity index is 3.12. The number of aryl methyl sites for hydroxylation is 1. The minimum atomic E-state index is -0.0289. The van der Waals surface area contributed by atoms with E-state index in [0.29, 0.717) is 14.0 Å². The molecule has 1 aromatic heterocycles. The highest BCUT2D eigenvalue weighted by atomic mass is 127. The third-order valence-electron chi connectivity index (χ3n) is 2.18. The zero-order valence-electron chi connectivity index (χ0n) is 7.70. The lowest BCUT2D eigenvalue weighted by Gasteiger charge is -2.06. The number of benzene rings is 1. The molecular weight excluding hydrogens is 392 g/mol. The molecule has 0 fully saturated rings. The van der Waals surface area contributed by atoms with Gasteiger partial charge in [-0.25, -0.2) is 0 Å². The van der Waals surface area contributed by atoms with Crippen LogP contribution in [0.25, 0.3) is 10.9 Å². The molecule has 5 heteroatoms. The van der Waals surface area contributed by atoms with Crippen LogP contribution in [0.2, 0.25) is 5.02 Å². The summed E-state index contributed by atoms with van der Waals surface area (Å²) in [6, 6.07) is 1.90. The van der Waals surface area contributed by atoms with Crippen molar-refractivity contribution in [3.05, 3.63) is 41.1 Å².